The molecule has 5 heterocycles. The van der Waals surface area contributed by atoms with Gasteiger partial charge in [0.25, 0.3) is 5.91 Å². The van der Waals surface area contributed by atoms with Crippen molar-refractivity contribution < 1.29 is 22.7 Å². The van der Waals surface area contributed by atoms with E-state index in [1.165, 1.54) is 43.8 Å². The number of nitrogens with zero attached hydrogens (tertiary/aromatic N) is 5. The highest BCUT2D eigenvalue weighted by atomic mass is 32.1. The van der Waals surface area contributed by atoms with Crippen LogP contribution in [0.25, 0.3) is 27.9 Å². The van der Waals surface area contributed by atoms with Crippen LogP contribution in [0.3, 0.4) is 0 Å². The monoisotopic (exact) mass is 606 g/mol. The van der Waals surface area contributed by atoms with Gasteiger partial charge in [-0.25, -0.2) is 9.50 Å². The first-order valence-electron chi connectivity index (χ1n) is 14.0. The molecule has 222 valence electrons. The highest BCUT2D eigenvalue weighted by molar-refractivity contribution is 7.12. The number of piperidine rings is 1. The summed E-state index contributed by atoms with van der Waals surface area (Å²) < 4.78 is 48.7. The topological polar surface area (TPSA) is 84.7 Å². The molecule has 1 saturated heterocycles. The molecule has 1 aromatic carbocycles. The van der Waals surface area contributed by atoms with Gasteiger partial charge in [-0.3, -0.25) is 14.7 Å². The molecule has 0 saturated carbocycles. The van der Waals surface area contributed by atoms with Crippen LogP contribution in [0.5, 0.6) is 5.75 Å². The number of hydrogen-bond donors (Lipinski definition) is 1. The van der Waals surface area contributed by atoms with Crippen LogP contribution in [0.2, 0.25) is 0 Å². The van der Waals surface area contributed by atoms with Crippen LogP contribution in [0, 0.1) is 0 Å². The lowest BCUT2D eigenvalue weighted by atomic mass is 10.1. The normalized spacial score (nSPS) is 15.0. The van der Waals surface area contributed by atoms with E-state index in [2.05, 4.69) is 25.3 Å². The summed E-state index contributed by atoms with van der Waals surface area (Å²) in [5.74, 6) is -0.00293. The predicted molar refractivity (Wildman–Crippen MR) is 158 cm³/mol. The van der Waals surface area contributed by atoms with Gasteiger partial charge in [0.05, 0.1) is 11.1 Å². The minimum absolute atomic E-state index is 0.0923. The molecule has 1 unspecified atom stereocenters. The maximum absolute atomic E-state index is 13.7. The van der Waals surface area contributed by atoms with E-state index in [4.69, 9.17) is 4.74 Å². The molecule has 1 amide bonds. The molecule has 0 radical (unpaired) electrons. The number of rotatable bonds is 9. The van der Waals surface area contributed by atoms with Crippen molar-refractivity contribution in [3.8, 4) is 28.0 Å². The molecule has 5 aromatic rings. The fourth-order valence-electron chi connectivity index (χ4n) is 5.16. The molecule has 43 heavy (non-hydrogen) atoms. The highest BCUT2D eigenvalue weighted by Crippen LogP contribution is 2.34. The zero-order valence-electron chi connectivity index (χ0n) is 23.1. The van der Waals surface area contributed by atoms with Gasteiger partial charge < -0.3 is 10.1 Å². The van der Waals surface area contributed by atoms with Crippen molar-refractivity contribution in [3.05, 3.63) is 89.3 Å². The number of alkyl halides is 3. The Labute approximate surface area is 250 Å². The van der Waals surface area contributed by atoms with Gasteiger partial charge in [0, 0.05) is 42.5 Å². The maximum atomic E-state index is 13.7. The summed E-state index contributed by atoms with van der Waals surface area (Å²) in [5, 5.41) is 8.25. The van der Waals surface area contributed by atoms with Crippen LogP contribution in [0.15, 0.2) is 78.8 Å². The van der Waals surface area contributed by atoms with Gasteiger partial charge in [-0.1, -0.05) is 18.6 Å². The Morgan fingerprint density at radius 3 is 2.51 bits per heavy atom. The van der Waals surface area contributed by atoms with Gasteiger partial charge in [-0.05, 0) is 78.3 Å². The number of hydrogen-bond acceptors (Lipinski definition) is 7. The first-order valence-corrected chi connectivity index (χ1v) is 14.9. The summed E-state index contributed by atoms with van der Waals surface area (Å²) in [6.45, 7) is 3.87. The number of ether oxygens (including phenoxy) is 1. The number of carbonyl (C=O) groups is 1. The van der Waals surface area contributed by atoms with E-state index in [0.717, 1.165) is 47.8 Å². The lowest BCUT2D eigenvalue weighted by molar-refractivity contribution is -0.155. The fraction of sp³-hybridized carbons (Fsp3) is 0.290. The van der Waals surface area contributed by atoms with Crippen molar-refractivity contribution in [2.75, 3.05) is 26.2 Å². The molecular formula is C31H29F3N6O2S. The third kappa shape index (κ3) is 6.70. The van der Waals surface area contributed by atoms with Crippen molar-refractivity contribution >= 4 is 22.9 Å². The number of thiophene rings is 1. The summed E-state index contributed by atoms with van der Waals surface area (Å²) in [5.41, 5.74) is 3.60. The van der Waals surface area contributed by atoms with Gasteiger partial charge >= 0.3 is 6.18 Å². The van der Waals surface area contributed by atoms with Crippen molar-refractivity contribution in [1.82, 2.24) is 29.8 Å². The molecule has 4 aromatic heterocycles. The van der Waals surface area contributed by atoms with Crippen LogP contribution >= 0.6 is 11.3 Å². The lowest BCUT2D eigenvalue weighted by Gasteiger charge is -2.26. The number of halogens is 3. The molecule has 1 N–H and O–H groups in total. The number of fused-ring (bicyclic) bond motifs is 1. The molecule has 8 nitrogen and oxygen atoms in total. The van der Waals surface area contributed by atoms with Crippen LogP contribution < -0.4 is 10.1 Å². The van der Waals surface area contributed by atoms with E-state index in [9.17, 15) is 18.0 Å². The van der Waals surface area contributed by atoms with Crippen molar-refractivity contribution in [2.24, 2.45) is 0 Å². The Bertz CT molecular complexity index is 1680. The molecule has 0 spiro atoms. The Kier molecular flexibility index (Phi) is 8.39. The number of amides is 1. The smallest absolute Gasteiger partial charge is 0.412 e. The summed E-state index contributed by atoms with van der Waals surface area (Å²) in [4.78, 5) is 23.8. The molecular weight excluding hydrogens is 577 g/mol. The summed E-state index contributed by atoms with van der Waals surface area (Å²) in [6.07, 6.45) is 6.92. The number of aromatic nitrogens is 4. The van der Waals surface area contributed by atoms with Crippen LogP contribution in [-0.2, 0) is 0 Å². The predicted octanol–water partition coefficient (Wildman–Crippen LogP) is 6.42. The minimum Gasteiger partial charge on any atom is -0.492 e. The van der Waals surface area contributed by atoms with Gasteiger partial charge in [-0.15, -0.1) is 11.3 Å². The van der Waals surface area contributed by atoms with Gasteiger partial charge in [0.15, 0.2) is 11.7 Å². The van der Waals surface area contributed by atoms with Crippen LogP contribution in [0.1, 0.15) is 40.5 Å². The number of pyridine rings is 1. The van der Waals surface area contributed by atoms with Gasteiger partial charge in [0.2, 0.25) is 0 Å². The summed E-state index contributed by atoms with van der Waals surface area (Å²) in [7, 11) is 0. The highest BCUT2D eigenvalue weighted by Gasteiger charge is 2.42. The molecule has 6 rings (SSSR count). The molecule has 1 aliphatic heterocycles. The SMILES string of the molecule is O=C(NC(c1ccncc1)C(F)(F)F)c1cc(-c2cnn3cc(-c4ccc(OCCN5CCCCC5)cc4)cnc23)cs1. The van der Waals surface area contributed by atoms with Gasteiger partial charge in [-0.2, -0.15) is 18.3 Å². The van der Waals surface area contributed by atoms with Crippen LogP contribution in [0.4, 0.5) is 13.2 Å². The zero-order valence-corrected chi connectivity index (χ0v) is 23.9. The van der Waals surface area contributed by atoms with E-state index in [1.807, 2.05) is 30.5 Å². The fourth-order valence-corrected chi connectivity index (χ4v) is 5.97. The Balaban J connectivity index is 1.13. The van der Waals surface area contributed by atoms with E-state index in [1.54, 1.807) is 28.4 Å². The molecule has 1 fully saturated rings. The number of nitrogens with one attached hydrogen (secondary N) is 1. The molecule has 1 atom stereocenters. The third-order valence-corrected chi connectivity index (χ3v) is 8.37. The lowest BCUT2D eigenvalue weighted by Crippen LogP contribution is -2.37. The molecule has 0 aliphatic carbocycles. The number of likely N-dealkylation sites (tertiary alicyclic amines) is 1. The molecule has 1 aliphatic rings. The standard InChI is InChI=1S/C31H29F3N6O2S/c32-31(33,34)28(22-8-10-35-11-9-22)38-30(41)27-16-23(20-43-27)26-18-37-40-19-24(17-36-29(26)40)21-4-6-25(7-5-21)42-15-14-39-12-2-1-3-13-39/h4-11,16-20,28H,1-3,12-15H2,(H,38,41). The Morgan fingerprint density at radius 1 is 1.00 bits per heavy atom. The average Bonchev–Trinajstić information content (AvgIpc) is 3.68. The van der Waals surface area contributed by atoms with E-state index < -0.39 is 18.1 Å². The molecule has 0 bridgehead atoms. The first-order chi connectivity index (χ1) is 20.8. The number of carbonyl (C=O) groups excluding carboxylic acids is 1. The van der Waals surface area contributed by atoms with Crippen molar-refractivity contribution in [1.29, 1.82) is 0 Å². The number of benzene rings is 1. The second kappa shape index (κ2) is 12.5. The zero-order chi connectivity index (χ0) is 29.8. The van der Waals surface area contributed by atoms with E-state index in [0.29, 0.717) is 23.4 Å². The average molecular weight is 607 g/mol. The Hall–Kier alpha value is -4.29. The summed E-state index contributed by atoms with van der Waals surface area (Å²) >= 11 is 1.06. The van der Waals surface area contributed by atoms with Crippen molar-refractivity contribution in [3.63, 3.8) is 0 Å². The van der Waals surface area contributed by atoms with E-state index in [-0.39, 0.29) is 10.4 Å². The largest absolute Gasteiger partial charge is 0.492 e. The van der Waals surface area contributed by atoms with Crippen LogP contribution in [-0.4, -0.2) is 62.8 Å². The second-order valence-electron chi connectivity index (χ2n) is 10.4. The second-order valence-corrected chi connectivity index (χ2v) is 11.3. The maximum Gasteiger partial charge on any atom is 0.412 e. The third-order valence-electron chi connectivity index (χ3n) is 7.45. The summed E-state index contributed by atoms with van der Waals surface area (Å²) in [6, 6.07) is 9.72. The first kappa shape index (κ1) is 28.8. The van der Waals surface area contributed by atoms with E-state index >= 15 is 0 Å². The van der Waals surface area contributed by atoms with Gasteiger partial charge in [0.1, 0.15) is 12.4 Å². The Morgan fingerprint density at radius 2 is 1.77 bits per heavy atom. The molecule has 12 heteroatoms. The van der Waals surface area contributed by atoms with Crippen molar-refractivity contribution in [2.45, 2.75) is 31.5 Å². The quantitative estimate of drug-likeness (QED) is 0.209. The minimum atomic E-state index is -4.67.